The van der Waals surface area contributed by atoms with Crippen molar-refractivity contribution in [2.45, 2.75) is 39.3 Å². The maximum absolute atomic E-state index is 8.18. The Balaban J connectivity index is 3.89. The van der Waals surface area contributed by atoms with Crippen LogP contribution in [-0.2, 0) is 0 Å². The van der Waals surface area contributed by atoms with Gasteiger partial charge in [-0.2, -0.15) is 0 Å². The molecule has 0 aliphatic rings. The van der Waals surface area contributed by atoms with Crippen LogP contribution in [0.2, 0.25) is 39.3 Å². The molecule has 1 rings (SSSR count). The average Bonchev–Trinajstić information content (AvgIpc) is 2.16. The zero-order valence-electron chi connectivity index (χ0n) is 14.0. The molecule has 1 aromatic rings. The highest BCUT2D eigenvalue weighted by Gasteiger charge is 2.26. The molecule has 0 nitrogen and oxygen atoms in total. The Hall–Kier alpha value is -0.346. The molecule has 0 radical (unpaired) electrons. The van der Waals surface area contributed by atoms with Crippen LogP contribution in [0.4, 0.5) is 0 Å². The van der Waals surface area contributed by atoms with E-state index in [4.69, 9.17) is 5.48 Å². The van der Waals surface area contributed by atoms with E-state index in [0.29, 0.717) is 0 Å². The Morgan fingerprint density at radius 1 is 0.786 bits per heavy atom. The monoisotopic (exact) mass is 226 g/mol. The molecule has 2 heteroatoms. The molecule has 0 N–H and O–H groups in total. The lowest BCUT2D eigenvalue weighted by Crippen LogP contribution is -2.56. The van der Waals surface area contributed by atoms with Crippen LogP contribution in [0.1, 0.15) is 5.48 Å². The highest BCUT2D eigenvalue weighted by Crippen LogP contribution is 2.06. The van der Waals surface area contributed by atoms with Gasteiger partial charge in [-0.15, -0.1) is 0 Å². The summed E-state index contributed by atoms with van der Waals surface area (Å²) < 4.78 is 32.0. The topological polar surface area (TPSA) is 0 Å². The Kier molecular flexibility index (Phi) is 1.84. The van der Waals surface area contributed by atoms with Crippen LogP contribution in [-0.4, -0.2) is 16.1 Å². The van der Waals surface area contributed by atoms with E-state index in [1.54, 1.807) is 0 Å². The fraction of sp³-hybridized carbons (Fsp3) is 0.500. The van der Waals surface area contributed by atoms with E-state index in [1.165, 1.54) is 0 Å². The fourth-order valence-corrected chi connectivity index (χ4v) is 6.19. The first kappa shape index (κ1) is 7.01. The lowest BCUT2D eigenvalue weighted by atomic mass is 10.4. The quantitative estimate of drug-likeness (QED) is 0.680. The standard InChI is InChI=1S/C12H22Si2/c1-13(2,3)11-9-7-8-10-12(11)14(4,5)6/h7-10H,1-6H3/i7D,8D,9D,10D. The zero-order valence-corrected chi connectivity index (χ0v) is 12.0. The Morgan fingerprint density at radius 2 is 1.07 bits per heavy atom. The van der Waals surface area contributed by atoms with Crippen molar-refractivity contribution in [1.29, 1.82) is 0 Å². The lowest BCUT2D eigenvalue weighted by Gasteiger charge is -2.27. The van der Waals surface area contributed by atoms with Crippen molar-refractivity contribution in [3.05, 3.63) is 24.2 Å². The van der Waals surface area contributed by atoms with E-state index in [0.717, 1.165) is 10.4 Å². The Bertz CT molecular complexity index is 440. The second-order valence-corrected chi connectivity index (χ2v) is 15.8. The molecule has 0 fully saturated rings. The number of hydrogen-bond acceptors (Lipinski definition) is 0. The third kappa shape index (κ3) is 2.58. The molecule has 0 unspecified atom stereocenters. The van der Waals surface area contributed by atoms with Gasteiger partial charge in [0.15, 0.2) is 0 Å². The second kappa shape index (κ2) is 3.67. The molecule has 0 aromatic heterocycles. The van der Waals surface area contributed by atoms with E-state index in [-0.39, 0.29) is 24.2 Å². The molecule has 78 valence electrons. The minimum absolute atomic E-state index is 0.0839. The summed E-state index contributed by atoms with van der Waals surface area (Å²) in [7, 11) is -3.59. The van der Waals surface area contributed by atoms with Crippen molar-refractivity contribution in [1.82, 2.24) is 0 Å². The van der Waals surface area contributed by atoms with Crippen molar-refractivity contribution in [2.24, 2.45) is 0 Å². The van der Waals surface area contributed by atoms with Crippen LogP contribution in [0, 0.1) is 0 Å². The molecule has 0 saturated heterocycles. The molecule has 0 saturated carbocycles. The van der Waals surface area contributed by atoms with Crippen LogP contribution in [0.5, 0.6) is 0 Å². The highest BCUT2D eigenvalue weighted by molar-refractivity contribution is 6.98. The zero-order chi connectivity index (χ0) is 14.5. The lowest BCUT2D eigenvalue weighted by molar-refractivity contribution is 1.66. The van der Waals surface area contributed by atoms with Gasteiger partial charge >= 0.3 is 0 Å². The maximum Gasteiger partial charge on any atom is 0.0774 e. The molecule has 0 bridgehead atoms. The first-order valence-electron chi connectivity index (χ1n) is 7.00. The van der Waals surface area contributed by atoms with Gasteiger partial charge in [-0.3, -0.25) is 0 Å². The minimum atomic E-state index is -1.79. The van der Waals surface area contributed by atoms with Crippen LogP contribution in [0.25, 0.3) is 0 Å². The normalized spacial score (nSPS) is 17.0. The molecular formula is C12H22Si2. The fourth-order valence-electron chi connectivity index (χ4n) is 1.44. The Morgan fingerprint density at radius 3 is 1.29 bits per heavy atom. The van der Waals surface area contributed by atoms with Crippen molar-refractivity contribution in [3.63, 3.8) is 0 Å². The molecule has 0 heterocycles. The van der Waals surface area contributed by atoms with Gasteiger partial charge in [-0.05, 0) is 0 Å². The van der Waals surface area contributed by atoms with E-state index >= 15 is 0 Å². The van der Waals surface area contributed by atoms with Crippen LogP contribution < -0.4 is 10.4 Å². The van der Waals surface area contributed by atoms with Crippen molar-refractivity contribution in [3.8, 4) is 0 Å². The van der Waals surface area contributed by atoms with E-state index in [1.807, 2.05) is 0 Å². The molecule has 1 aromatic carbocycles. The summed E-state index contributed by atoms with van der Waals surface area (Å²) in [4.78, 5) is 0. The van der Waals surface area contributed by atoms with Crippen LogP contribution in [0.15, 0.2) is 24.2 Å². The van der Waals surface area contributed by atoms with E-state index < -0.39 is 16.1 Å². The van der Waals surface area contributed by atoms with Crippen molar-refractivity contribution in [2.75, 3.05) is 0 Å². The maximum atomic E-state index is 8.18. The predicted molar refractivity (Wildman–Crippen MR) is 72.4 cm³/mol. The van der Waals surface area contributed by atoms with Crippen LogP contribution in [0.3, 0.4) is 0 Å². The summed E-state index contributed by atoms with van der Waals surface area (Å²) in [6.07, 6.45) is 0. The van der Waals surface area contributed by atoms with E-state index in [2.05, 4.69) is 39.3 Å². The van der Waals surface area contributed by atoms with Crippen LogP contribution >= 0.6 is 0 Å². The van der Waals surface area contributed by atoms with Gasteiger partial charge in [-0.25, -0.2) is 0 Å². The summed E-state index contributed by atoms with van der Waals surface area (Å²) in [5, 5.41) is 1.85. The molecular weight excluding hydrogens is 200 g/mol. The van der Waals surface area contributed by atoms with Crippen molar-refractivity contribution >= 4 is 26.5 Å². The Labute approximate surface area is 96.0 Å². The molecule has 0 amide bonds. The van der Waals surface area contributed by atoms with Gasteiger partial charge in [0.25, 0.3) is 0 Å². The number of hydrogen-bond donors (Lipinski definition) is 0. The summed E-state index contributed by atoms with van der Waals surface area (Å²) in [5.41, 5.74) is 0. The summed E-state index contributed by atoms with van der Waals surface area (Å²) in [5.74, 6) is 0. The first-order valence-corrected chi connectivity index (χ1v) is 12.0. The van der Waals surface area contributed by atoms with Gasteiger partial charge in [0.2, 0.25) is 0 Å². The predicted octanol–water partition coefficient (Wildman–Crippen LogP) is 2.78. The van der Waals surface area contributed by atoms with Gasteiger partial charge in [-0.1, -0.05) is 73.8 Å². The summed E-state index contributed by atoms with van der Waals surface area (Å²) in [6, 6.07) is 0.207. The van der Waals surface area contributed by atoms with E-state index in [9.17, 15) is 0 Å². The average molecular weight is 227 g/mol. The largest absolute Gasteiger partial charge is 0.0774 e. The van der Waals surface area contributed by atoms with Gasteiger partial charge < -0.3 is 0 Å². The van der Waals surface area contributed by atoms with Gasteiger partial charge in [0.1, 0.15) is 0 Å². The smallest absolute Gasteiger partial charge is 0.0656 e. The SMILES string of the molecule is [2H]c1c([2H])c([2H])c([Si](C)(C)C)c([Si](C)(C)C)c1[2H]. The third-order valence-corrected chi connectivity index (χ3v) is 6.19. The third-order valence-electron chi connectivity index (χ3n) is 2.19. The van der Waals surface area contributed by atoms with Gasteiger partial charge in [0.05, 0.1) is 21.6 Å². The first-order chi connectivity index (χ1) is 7.89. The summed E-state index contributed by atoms with van der Waals surface area (Å²) >= 11 is 0. The highest BCUT2D eigenvalue weighted by atomic mass is 28.3. The molecule has 0 atom stereocenters. The molecule has 0 spiro atoms. The van der Waals surface area contributed by atoms with Crippen molar-refractivity contribution < 1.29 is 5.48 Å². The second-order valence-electron chi connectivity index (χ2n) is 5.75. The number of benzene rings is 1. The van der Waals surface area contributed by atoms with Gasteiger partial charge in [0, 0.05) is 0 Å². The minimum Gasteiger partial charge on any atom is -0.0656 e. The number of rotatable bonds is 2. The molecule has 0 aliphatic heterocycles. The molecule has 14 heavy (non-hydrogen) atoms. The molecule has 0 aliphatic carbocycles. The summed E-state index contributed by atoms with van der Waals surface area (Å²) in [6.45, 7) is 12.9.